The fourth-order valence-electron chi connectivity index (χ4n) is 8.17. The topological polar surface area (TPSA) is 158 Å². The first kappa shape index (κ1) is 41.9. The predicted octanol–water partition coefficient (Wildman–Crippen LogP) is 4.63. The van der Waals surface area contributed by atoms with Crippen LogP contribution in [-0.4, -0.2) is 139 Å². The molecule has 2 atom stereocenters. The van der Waals surface area contributed by atoms with Gasteiger partial charge in [0.25, 0.3) is 11.8 Å². The molecule has 5 amide bonds. The van der Waals surface area contributed by atoms with Gasteiger partial charge in [-0.2, -0.15) is 13.2 Å². The van der Waals surface area contributed by atoms with E-state index in [2.05, 4.69) is 10.2 Å². The van der Waals surface area contributed by atoms with E-state index < -0.39 is 47.5 Å². The van der Waals surface area contributed by atoms with Crippen molar-refractivity contribution in [2.45, 2.75) is 81.8 Å². The highest BCUT2D eigenvalue weighted by molar-refractivity contribution is 6.33. The molecule has 0 spiro atoms. The Kier molecular flexibility index (Phi) is 13.1. The number of rotatable bonds is 9. The molecule has 57 heavy (non-hydrogen) atoms. The van der Waals surface area contributed by atoms with Crippen molar-refractivity contribution >= 4 is 52.9 Å². The highest BCUT2D eigenvalue weighted by atomic mass is 35.5. The van der Waals surface area contributed by atoms with Crippen molar-refractivity contribution in [3.8, 4) is 0 Å². The van der Waals surface area contributed by atoms with Gasteiger partial charge in [-0.05, 0) is 80.8 Å². The number of hydrogen-bond acceptors (Lipinski definition) is 9. The number of benzene rings is 2. The third-order valence-electron chi connectivity index (χ3n) is 11.4. The van der Waals surface area contributed by atoms with Gasteiger partial charge in [-0.25, -0.2) is 9.59 Å². The van der Waals surface area contributed by atoms with E-state index in [0.717, 1.165) is 23.7 Å². The maximum atomic E-state index is 14.2. The third-order valence-corrected chi connectivity index (χ3v) is 11.7. The van der Waals surface area contributed by atoms with Gasteiger partial charge in [-0.15, -0.1) is 0 Å². The summed E-state index contributed by atoms with van der Waals surface area (Å²) in [6.07, 6.45) is -3.56. The van der Waals surface area contributed by atoms with Crippen LogP contribution in [0.15, 0.2) is 36.4 Å². The molecule has 3 fully saturated rings. The second-order valence-corrected chi connectivity index (χ2v) is 15.6. The average molecular weight is 820 g/mol. The van der Waals surface area contributed by atoms with E-state index in [0.29, 0.717) is 51.6 Å². The maximum Gasteiger partial charge on any atom is 0.418 e. The molecule has 3 saturated heterocycles. The molecule has 0 bridgehead atoms. The molecule has 0 aromatic heterocycles. The Hall–Kier alpha value is -4.77. The van der Waals surface area contributed by atoms with Crippen molar-refractivity contribution in [3.63, 3.8) is 0 Å². The summed E-state index contributed by atoms with van der Waals surface area (Å²) in [6.45, 7) is 1.77. The molecule has 0 radical (unpaired) electrons. The fourth-order valence-corrected chi connectivity index (χ4v) is 8.42. The van der Waals surface area contributed by atoms with Crippen LogP contribution in [0.25, 0.3) is 0 Å². The van der Waals surface area contributed by atoms with Crippen LogP contribution in [0.2, 0.25) is 5.02 Å². The number of ether oxygens (including phenoxy) is 2. The van der Waals surface area contributed by atoms with Gasteiger partial charge >= 0.3 is 24.3 Å². The van der Waals surface area contributed by atoms with Crippen molar-refractivity contribution in [3.05, 3.63) is 58.1 Å². The Balaban J connectivity index is 1.11. The highest BCUT2D eigenvalue weighted by Gasteiger charge is 2.41. The first-order valence-electron chi connectivity index (χ1n) is 19.3. The van der Waals surface area contributed by atoms with Crippen molar-refractivity contribution in [2.24, 2.45) is 0 Å². The molecule has 2 aromatic rings. The Bertz CT molecular complexity index is 1830. The summed E-state index contributed by atoms with van der Waals surface area (Å²) in [7, 11) is 3.15. The van der Waals surface area contributed by atoms with Gasteiger partial charge in [-0.1, -0.05) is 29.8 Å². The van der Waals surface area contributed by atoms with Crippen LogP contribution in [-0.2, 0) is 42.9 Å². The predicted molar refractivity (Wildman–Crippen MR) is 204 cm³/mol. The lowest BCUT2D eigenvalue weighted by Crippen LogP contribution is -2.53. The van der Waals surface area contributed by atoms with Gasteiger partial charge < -0.3 is 40.1 Å². The van der Waals surface area contributed by atoms with E-state index in [9.17, 15) is 37.1 Å². The highest BCUT2D eigenvalue weighted by Crippen LogP contribution is 2.38. The van der Waals surface area contributed by atoms with Crippen LogP contribution in [0.5, 0.6) is 0 Å². The number of nitrogens with two attached hydrogens (primary N) is 1. The summed E-state index contributed by atoms with van der Waals surface area (Å²) in [5.41, 5.74) is 5.68. The van der Waals surface area contributed by atoms with Gasteiger partial charge in [0, 0.05) is 71.0 Å². The molecule has 4 aliphatic heterocycles. The summed E-state index contributed by atoms with van der Waals surface area (Å²) in [5, 5.41) is 2.63. The van der Waals surface area contributed by atoms with Crippen molar-refractivity contribution in [1.82, 2.24) is 24.5 Å². The number of urea groups is 1. The molecular weight excluding hydrogens is 771 g/mol. The fraction of sp³-hybridized carbons (Fsp3) is 0.564. The minimum absolute atomic E-state index is 0.0145. The summed E-state index contributed by atoms with van der Waals surface area (Å²) < 4.78 is 52.9. The number of halogens is 4. The molecule has 18 heteroatoms. The number of likely N-dealkylation sites (N-methyl/N-ethyl adjacent to an activating group) is 1. The van der Waals surface area contributed by atoms with E-state index in [1.165, 1.54) is 20.8 Å². The van der Waals surface area contributed by atoms with Crippen LogP contribution in [0.1, 0.15) is 55.2 Å². The first-order valence-corrected chi connectivity index (χ1v) is 19.7. The third kappa shape index (κ3) is 9.86. The second kappa shape index (κ2) is 17.8. The van der Waals surface area contributed by atoms with E-state index in [1.807, 2.05) is 24.3 Å². The van der Waals surface area contributed by atoms with Crippen molar-refractivity contribution < 1.29 is 46.6 Å². The van der Waals surface area contributed by atoms with E-state index >= 15 is 0 Å². The Morgan fingerprint density at radius 3 is 2.30 bits per heavy atom. The monoisotopic (exact) mass is 819 g/mol. The summed E-state index contributed by atoms with van der Waals surface area (Å²) in [6, 6.07) is 8.73. The average Bonchev–Trinajstić information content (AvgIpc) is 3.61. The number of likely N-dealkylation sites (tertiary alicyclic amines) is 3. The molecule has 6 rings (SSSR count). The number of nitrogens with one attached hydrogen (secondary N) is 1. The molecule has 0 aliphatic carbocycles. The number of amides is 5. The van der Waals surface area contributed by atoms with Crippen molar-refractivity contribution in [1.29, 1.82) is 0 Å². The number of piperidine rings is 2. The number of carbonyl (C=O) groups is 5. The Labute approximate surface area is 334 Å². The molecule has 4 heterocycles. The molecule has 3 N–H and O–H groups in total. The summed E-state index contributed by atoms with van der Waals surface area (Å²) in [5.74, 6) is -1.37. The normalized spacial score (nSPS) is 20.4. The molecule has 0 saturated carbocycles. The number of nitrogen functional groups attached to an aromatic ring is 1. The largest absolute Gasteiger partial charge is 0.454 e. The van der Waals surface area contributed by atoms with Crippen LogP contribution in [0, 0.1) is 0 Å². The number of alkyl halides is 3. The van der Waals surface area contributed by atoms with Crippen LogP contribution < -0.4 is 11.1 Å². The number of hydrogen-bond donors (Lipinski definition) is 2. The molecule has 0 unspecified atom stereocenters. The number of esters is 1. The van der Waals surface area contributed by atoms with Crippen LogP contribution in [0.4, 0.5) is 34.1 Å². The first-order chi connectivity index (χ1) is 27.1. The molecule has 4 aliphatic rings. The lowest BCUT2D eigenvalue weighted by atomic mass is 9.99. The molecular formula is C39H49ClF3N7O7. The minimum atomic E-state index is -4.82. The van der Waals surface area contributed by atoms with Crippen LogP contribution in [0.3, 0.4) is 0 Å². The smallest absolute Gasteiger partial charge is 0.418 e. The molecule has 310 valence electrons. The van der Waals surface area contributed by atoms with Gasteiger partial charge in [0.1, 0.15) is 6.04 Å². The van der Waals surface area contributed by atoms with Gasteiger partial charge in [0.2, 0.25) is 0 Å². The van der Waals surface area contributed by atoms with E-state index in [1.54, 1.807) is 19.0 Å². The summed E-state index contributed by atoms with van der Waals surface area (Å²) >= 11 is 6.12. The van der Waals surface area contributed by atoms with Crippen molar-refractivity contribution in [2.75, 3.05) is 71.0 Å². The number of fused-ring (bicyclic) bond motifs is 1. The SMILES string of the molecule is CN(C)C(=O)COC(=O)[C@@H]1CCCN1C1CCN(C(=O)[C@@H](Cc2cc(Cl)c(N)c(C(F)(F)F)c2)OC(=O)N2CCC(N3CCc4ccccc4NC3=O)CC2)CC1. The zero-order valence-electron chi connectivity index (χ0n) is 32.1. The zero-order valence-corrected chi connectivity index (χ0v) is 32.8. The molecule has 14 nitrogen and oxygen atoms in total. The van der Waals surface area contributed by atoms with Crippen LogP contribution >= 0.6 is 11.6 Å². The zero-order chi connectivity index (χ0) is 41.0. The van der Waals surface area contributed by atoms with Gasteiger partial charge in [0.15, 0.2) is 12.7 Å². The Morgan fingerprint density at radius 2 is 1.61 bits per heavy atom. The molecule has 2 aromatic carbocycles. The lowest BCUT2D eigenvalue weighted by molar-refractivity contribution is -0.156. The standard InChI is InChI=1S/C39H49ClF3N7O7/c1-46(2)33(51)23-56-36(53)31-8-5-14-49(31)26-10-15-47(16-11-26)35(52)32(22-24-20-28(39(41,42)43)34(44)29(40)21-24)57-38(55)48-17-12-27(13-18-48)50-19-9-25-6-3-4-7-30(25)45-37(50)54/h3-4,6-7,20-21,26-27,31-32H,5,8-19,22-23,44H2,1-2H3,(H,45,54)/t31-,32+/m0/s1. The number of nitrogens with zero attached hydrogens (tertiary/aromatic N) is 5. The van der Waals surface area contributed by atoms with Gasteiger partial charge in [-0.3, -0.25) is 19.3 Å². The minimum Gasteiger partial charge on any atom is -0.454 e. The lowest BCUT2D eigenvalue weighted by Gasteiger charge is -2.40. The summed E-state index contributed by atoms with van der Waals surface area (Å²) in [4.78, 5) is 74.0. The number of para-hydroxylation sites is 1. The number of anilines is 2. The second-order valence-electron chi connectivity index (χ2n) is 15.2. The Morgan fingerprint density at radius 1 is 0.947 bits per heavy atom. The van der Waals surface area contributed by atoms with Gasteiger partial charge in [0.05, 0.1) is 16.3 Å². The van der Waals surface area contributed by atoms with E-state index in [-0.39, 0.29) is 73.8 Å². The number of carbonyl (C=O) groups excluding carboxylic acids is 5. The van der Waals surface area contributed by atoms with E-state index in [4.69, 9.17) is 26.8 Å². The maximum absolute atomic E-state index is 14.2. The quantitative estimate of drug-likeness (QED) is 0.272.